The van der Waals surface area contributed by atoms with Crippen LogP contribution in [0.25, 0.3) is 0 Å². The Balaban J connectivity index is 0.000000503. The van der Waals surface area contributed by atoms with Gasteiger partial charge >= 0.3 is 0 Å². The predicted octanol–water partition coefficient (Wildman–Crippen LogP) is -0.122. The fourth-order valence-corrected chi connectivity index (χ4v) is 5.32. The van der Waals surface area contributed by atoms with Gasteiger partial charge < -0.3 is 20.2 Å². The molecule has 1 aromatic rings. The zero-order valence-electron chi connectivity index (χ0n) is 17.3. The minimum Gasteiger partial charge on any atom is -0.481 e. The van der Waals surface area contributed by atoms with Gasteiger partial charge in [0.05, 0.1) is 0 Å². The number of nitrogens with one attached hydrogen (secondary N) is 1. The molecule has 0 saturated carbocycles. The number of carboxylic acids is 1. The van der Waals surface area contributed by atoms with E-state index in [1.807, 2.05) is 15.9 Å². The molecule has 3 fully saturated rings. The van der Waals surface area contributed by atoms with Gasteiger partial charge in [0.15, 0.2) is 0 Å². The maximum absolute atomic E-state index is 13.3. The third kappa shape index (κ3) is 3.51. The van der Waals surface area contributed by atoms with Gasteiger partial charge in [0.25, 0.3) is 11.5 Å². The van der Waals surface area contributed by atoms with E-state index in [2.05, 4.69) is 5.32 Å². The normalized spacial score (nSPS) is 27.7. The maximum Gasteiger partial charge on any atom is 0.300 e. The van der Waals surface area contributed by atoms with Crippen LogP contribution in [0.5, 0.6) is 0 Å². The minimum atomic E-state index is -0.833. The van der Waals surface area contributed by atoms with Crippen LogP contribution in [-0.2, 0) is 14.4 Å². The topological polar surface area (TPSA) is 112 Å². The van der Waals surface area contributed by atoms with Crippen LogP contribution >= 0.6 is 0 Å². The molecule has 162 valence electrons. The van der Waals surface area contributed by atoms with Gasteiger partial charge in [-0.2, -0.15) is 0 Å². The number of nitrogens with zero attached hydrogens (tertiary/aromatic N) is 3. The van der Waals surface area contributed by atoms with Crippen molar-refractivity contribution in [3.63, 3.8) is 0 Å². The largest absolute Gasteiger partial charge is 0.481 e. The Morgan fingerprint density at radius 3 is 2.33 bits per heavy atom. The molecular weight excluding hydrogens is 388 g/mol. The quantitative estimate of drug-likeness (QED) is 0.660. The molecule has 2 N–H and O–H groups in total. The highest BCUT2D eigenvalue weighted by Gasteiger charge is 2.53. The monoisotopic (exact) mass is 416 g/mol. The van der Waals surface area contributed by atoms with Crippen molar-refractivity contribution in [1.82, 2.24) is 19.7 Å². The van der Waals surface area contributed by atoms with E-state index >= 15 is 0 Å². The van der Waals surface area contributed by atoms with Gasteiger partial charge in [-0.15, -0.1) is 0 Å². The average Bonchev–Trinajstić information content (AvgIpc) is 2.59. The van der Waals surface area contributed by atoms with Crippen molar-refractivity contribution in [2.75, 3.05) is 39.3 Å². The molecule has 2 amide bonds. The van der Waals surface area contributed by atoms with Crippen molar-refractivity contribution in [2.24, 2.45) is 11.3 Å². The Morgan fingerprint density at radius 2 is 1.77 bits per heavy atom. The second-order valence-electron chi connectivity index (χ2n) is 9.04. The van der Waals surface area contributed by atoms with E-state index < -0.39 is 12.0 Å². The van der Waals surface area contributed by atoms with Gasteiger partial charge in [0, 0.05) is 82.1 Å². The van der Waals surface area contributed by atoms with Crippen LogP contribution in [0.15, 0.2) is 23.0 Å². The summed E-state index contributed by atoms with van der Waals surface area (Å²) in [6.07, 6.45) is 0.865. The predicted molar refractivity (Wildman–Crippen MR) is 108 cm³/mol. The molecule has 2 bridgehead atoms. The number of likely N-dealkylation sites (tertiary alicyclic amines) is 2. The van der Waals surface area contributed by atoms with Crippen molar-refractivity contribution >= 4 is 17.8 Å². The molecule has 4 aliphatic rings. The van der Waals surface area contributed by atoms with Crippen molar-refractivity contribution in [1.29, 1.82) is 0 Å². The zero-order valence-corrected chi connectivity index (χ0v) is 17.3. The number of rotatable bonds is 1. The lowest BCUT2D eigenvalue weighted by atomic mass is 9.73. The first-order valence-electron chi connectivity index (χ1n) is 10.4. The van der Waals surface area contributed by atoms with Gasteiger partial charge in [-0.3, -0.25) is 23.7 Å². The first kappa shape index (κ1) is 20.6. The lowest BCUT2D eigenvalue weighted by molar-refractivity contribution is -0.155. The molecule has 4 aliphatic heterocycles. The molecule has 5 heterocycles. The van der Waals surface area contributed by atoms with Gasteiger partial charge in [-0.25, -0.2) is 0 Å². The van der Waals surface area contributed by atoms with E-state index in [4.69, 9.17) is 9.90 Å². The number of fused-ring (bicyclic) bond motifs is 4. The first-order chi connectivity index (χ1) is 14.2. The number of aromatic nitrogens is 1. The van der Waals surface area contributed by atoms with Crippen LogP contribution in [0.3, 0.4) is 0 Å². The summed E-state index contributed by atoms with van der Waals surface area (Å²) in [6.45, 7) is 7.36. The van der Waals surface area contributed by atoms with Crippen LogP contribution in [0.1, 0.15) is 37.9 Å². The number of carbonyl (C=O) groups is 3. The average molecular weight is 416 g/mol. The summed E-state index contributed by atoms with van der Waals surface area (Å²) < 4.78 is 1.72. The van der Waals surface area contributed by atoms with Crippen LogP contribution in [-0.4, -0.2) is 76.5 Å². The molecule has 5 rings (SSSR count). The number of aliphatic carboxylic acids is 1. The summed E-state index contributed by atoms with van der Waals surface area (Å²) in [7, 11) is 0. The van der Waals surface area contributed by atoms with E-state index in [-0.39, 0.29) is 34.6 Å². The smallest absolute Gasteiger partial charge is 0.300 e. The fourth-order valence-electron chi connectivity index (χ4n) is 5.32. The van der Waals surface area contributed by atoms with Crippen LogP contribution in [0.2, 0.25) is 0 Å². The van der Waals surface area contributed by atoms with Crippen LogP contribution < -0.4 is 10.9 Å². The Labute approximate surface area is 174 Å². The molecule has 0 aliphatic carbocycles. The Kier molecular flexibility index (Phi) is 5.17. The first-order valence-corrected chi connectivity index (χ1v) is 10.4. The molecule has 3 saturated heterocycles. The van der Waals surface area contributed by atoms with E-state index in [1.54, 1.807) is 23.6 Å². The highest BCUT2D eigenvalue weighted by atomic mass is 16.4. The SMILES string of the molecule is CC(=O)N1C[C@H]2C[C@@H](C1)[C@H](C(=O)N1CC3(CNC3)C1)n1c2cccc1=O.CC(=O)O. The van der Waals surface area contributed by atoms with E-state index in [1.165, 1.54) is 0 Å². The van der Waals surface area contributed by atoms with Crippen molar-refractivity contribution in [3.05, 3.63) is 34.2 Å². The zero-order chi connectivity index (χ0) is 21.6. The second kappa shape index (κ2) is 7.54. The van der Waals surface area contributed by atoms with Gasteiger partial charge in [-0.1, -0.05) is 6.07 Å². The van der Waals surface area contributed by atoms with Crippen LogP contribution in [0.4, 0.5) is 0 Å². The summed E-state index contributed by atoms with van der Waals surface area (Å²) >= 11 is 0. The van der Waals surface area contributed by atoms with Gasteiger partial charge in [0.2, 0.25) is 11.8 Å². The third-order valence-corrected chi connectivity index (χ3v) is 6.71. The summed E-state index contributed by atoms with van der Waals surface area (Å²) in [5, 5.41) is 10.7. The highest BCUT2D eigenvalue weighted by molar-refractivity contribution is 5.82. The standard InChI is InChI=1S/C19H24N4O3.C2H4O2/c1-12(24)21-6-13-5-14(7-21)17(23-15(13)3-2-4-16(23)25)18(26)22-10-19(11-22)8-20-9-19;1-2(3)4/h2-4,13-14,17,20H,5-11H2,1H3;1H3,(H,3,4)/t13-,14+,17-;/m1./s1. The van der Waals surface area contributed by atoms with Gasteiger partial charge in [-0.05, 0) is 12.5 Å². The van der Waals surface area contributed by atoms with Gasteiger partial charge in [0.1, 0.15) is 6.04 Å². The molecule has 0 radical (unpaired) electrons. The number of hydrogen-bond acceptors (Lipinski definition) is 5. The van der Waals surface area contributed by atoms with Crippen molar-refractivity contribution in [2.45, 2.75) is 32.2 Å². The molecule has 9 heteroatoms. The summed E-state index contributed by atoms with van der Waals surface area (Å²) in [4.78, 5) is 50.7. The number of carboxylic acid groups (broad SMARTS) is 1. The summed E-state index contributed by atoms with van der Waals surface area (Å²) in [5.74, 6) is -0.602. The Morgan fingerprint density at radius 1 is 1.10 bits per heavy atom. The van der Waals surface area contributed by atoms with Crippen LogP contribution in [0, 0.1) is 11.3 Å². The molecule has 0 aromatic carbocycles. The minimum absolute atomic E-state index is 0.00816. The molecule has 1 aromatic heterocycles. The number of amides is 2. The molecule has 30 heavy (non-hydrogen) atoms. The number of carbonyl (C=O) groups excluding carboxylic acids is 2. The van der Waals surface area contributed by atoms with E-state index in [0.717, 1.165) is 45.2 Å². The van der Waals surface area contributed by atoms with E-state index in [9.17, 15) is 14.4 Å². The lowest BCUT2D eigenvalue weighted by Crippen LogP contribution is -2.73. The summed E-state index contributed by atoms with van der Waals surface area (Å²) in [5.41, 5.74) is 1.06. The van der Waals surface area contributed by atoms with E-state index in [0.29, 0.717) is 13.1 Å². The maximum atomic E-state index is 13.3. The lowest BCUT2D eigenvalue weighted by Gasteiger charge is -2.57. The van der Waals surface area contributed by atoms with Crippen molar-refractivity contribution < 1.29 is 19.5 Å². The Bertz CT molecular complexity index is 926. The fraction of sp³-hybridized carbons (Fsp3) is 0.619. The second-order valence-corrected chi connectivity index (χ2v) is 9.04. The molecule has 1 spiro atoms. The number of hydrogen-bond donors (Lipinski definition) is 2. The third-order valence-electron chi connectivity index (χ3n) is 6.71. The number of pyridine rings is 1. The number of piperidine rings is 1. The Hall–Kier alpha value is -2.68. The molecule has 9 nitrogen and oxygen atoms in total. The highest BCUT2D eigenvalue weighted by Crippen LogP contribution is 2.44. The van der Waals surface area contributed by atoms with Crippen molar-refractivity contribution in [3.8, 4) is 0 Å². The molecular formula is C21H28N4O5. The summed E-state index contributed by atoms with van der Waals surface area (Å²) in [6, 6.07) is 4.77. The molecule has 3 atom stereocenters. The molecule has 0 unspecified atom stereocenters.